The van der Waals surface area contributed by atoms with Crippen LogP contribution in [0.2, 0.25) is 0 Å². The van der Waals surface area contributed by atoms with Crippen molar-refractivity contribution in [2.45, 2.75) is 32.6 Å². The maximum atomic E-state index is 6.59. The van der Waals surface area contributed by atoms with Gasteiger partial charge in [0.2, 0.25) is 0 Å². The van der Waals surface area contributed by atoms with Gasteiger partial charge in [-0.1, -0.05) is 26.2 Å². The molecule has 8 heavy (non-hydrogen) atoms. The highest BCUT2D eigenvalue weighted by molar-refractivity contribution is 4.44. The van der Waals surface area contributed by atoms with E-state index >= 15 is 0 Å². The van der Waals surface area contributed by atoms with E-state index in [1.165, 1.54) is 19.3 Å². The first-order chi connectivity index (χ1) is 3.91. The highest BCUT2D eigenvalue weighted by atomic mass is 14.8. The molecule has 0 fully saturated rings. The Morgan fingerprint density at radius 2 is 2.00 bits per heavy atom. The molecule has 0 aliphatic carbocycles. The molecular formula is C7H14N. The topological polar surface area (TPSA) is 12.0 Å². The molecule has 0 aromatic carbocycles. The third kappa shape index (κ3) is 5.96. The lowest BCUT2D eigenvalue weighted by atomic mass is 10.2. The first-order valence-corrected chi connectivity index (χ1v) is 3.31. The van der Waals surface area contributed by atoms with Crippen LogP contribution in [0.1, 0.15) is 32.6 Å². The highest BCUT2D eigenvalue weighted by Crippen LogP contribution is 1.96. The van der Waals surface area contributed by atoms with Crippen LogP contribution in [-0.2, 0) is 0 Å². The molecule has 0 saturated carbocycles. The molecule has 0 atom stereocenters. The van der Waals surface area contributed by atoms with E-state index in [4.69, 9.17) is 7.05 Å². The first-order valence-electron chi connectivity index (χ1n) is 3.31. The molecule has 0 rings (SSSR count). The van der Waals surface area contributed by atoms with E-state index in [0.717, 1.165) is 13.0 Å². The Bertz CT molecular complexity index is 29.4. The third-order valence-corrected chi connectivity index (χ3v) is 1.16. The fraction of sp³-hybridized carbons (Fsp3) is 0.857. The van der Waals surface area contributed by atoms with Crippen LogP contribution in [0.5, 0.6) is 0 Å². The van der Waals surface area contributed by atoms with Crippen LogP contribution in [0.15, 0.2) is 0 Å². The Morgan fingerprint density at radius 1 is 1.25 bits per heavy atom. The molecule has 0 bridgehead atoms. The van der Waals surface area contributed by atoms with Crippen LogP contribution >= 0.6 is 0 Å². The summed E-state index contributed by atoms with van der Waals surface area (Å²) in [5, 5.41) is 2.38. The van der Waals surface area contributed by atoms with Gasteiger partial charge in [-0.05, 0) is 13.0 Å². The Hall–Kier alpha value is -0.0400. The minimum Gasteiger partial charge on any atom is -0.306 e. The van der Waals surface area contributed by atoms with E-state index in [9.17, 15) is 0 Å². The molecule has 0 unspecified atom stereocenters. The van der Waals surface area contributed by atoms with Gasteiger partial charge in [0, 0.05) is 0 Å². The lowest BCUT2D eigenvalue weighted by Gasteiger charge is -1.95. The number of hydrogen-bond donors (Lipinski definition) is 1. The zero-order valence-electron chi connectivity index (χ0n) is 5.54. The molecule has 3 radical (unpaired) electrons. The van der Waals surface area contributed by atoms with Crippen LogP contribution in [0.25, 0.3) is 0 Å². The van der Waals surface area contributed by atoms with E-state index < -0.39 is 0 Å². The second kappa shape index (κ2) is 6.96. The summed E-state index contributed by atoms with van der Waals surface area (Å²) in [4.78, 5) is 0. The molecule has 1 N–H and O–H groups in total. The number of hydrogen-bond acceptors (Lipinski definition) is 1. The van der Waals surface area contributed by atoms with Gasteiger partial charge in [0.05, 0.1) is 7.05 Å². The molecule has 0 aromatic heterocycles. The second-order valence-corrected chi connectivity index (χ2v) is 1.99. The normalized spacial score (nSPS) is 9.75. The van der Waals surface area contributed by atoms with Gasteiger partial charge in [0.15, 0.2) is 0 Å². The summed E-state index contributed by atoms with van der Waals surface area (Å²) >= 11 is 0. The van der Waals surface area contributed by atoms with Gasteiger partial charge >= 0.3 is 0 Å². The summed E-state index contributed by atoms with van der Waals surface area (Å²) in [6.45, 7) is 3.04. The SMILES string of the molecule is [C]NCCCCCC. The van der Waals surface area contributed by atoms with Crippen molar-refractivity contribution in [3.63, 3.8) is 0 Å². The standard InChI is InChI=1S/C7H14N/c1-3-4-5-6-7-8-2/h8H,3-7H2,1H3. The third-order valence-electron chi connectivity index (χ3n) is 1.16. The molecule has 0 amide bonds. The molecule has 0 aromatic rings. The summed E-state index contributed by atoms with van der Waals surface area (Å²) in [6, 6.07) is 0. The summed E-state index contributed by atoms with van der Waals surface area (Å²) in [5.41, 5.74) is 0. The molecule has 0 heterocycles. The van der Waals surface area contributed by atoms with Crippen molar-refractivity contribution in [3.8, 4) is 0 Å². The van der Waals surface area contributed by atoms with Crippen molar-refractivity contribution in [2.24, 2.45) is 0 Å². The van der Waals surface area contributed by atoms with E-state index in [-0.39, 0.29) is 0 Å². The van der Waals surface area contributed by atoms with Gasteiger partial charge in [-0.25, -0.2) is 0 Å². The molecule has 1 nitrogen and oxygen atoms in total. The van der Waals surface area contributed by atoms with Crippen molar-refractivity contribution in [1.82, 2.24) is 5.32 Å². The summed E-state index contributed by atoms with van der Waals surface area (Å²) in [6.07, 6.45) is 5.00. The minimum atomic E-state index is 0.847. The average molecular weight is 112 g/mol. The largest absolute Gasteiger partial charge is 0.306 e. The maximum absolute atomic E-state index is 6.59. The van der Waals surface area contributed by atoms with E-state index in [1.54, 1.807) is 0 Å². The van der Waals surface area contributed by atoms with Gasteiger partial charge in [-0.15, -0.1) is 0 Å². The lowest BCUT2D eigenvalue weighted by Crippen LogP contribution is -2.03. The van der Waals surface area contributed by atoms with E-state index in [2.05, 4.69) is 12.2 Å². The summed E-state index contributed by atoms with van der Waals surface area (Å²) in [7, 11) is 6.59. The van der Waals surface area contributed by atoms with Crippen LogP contribution in [0.4, 0.5) is 0 Å². The first kappa shape index (κ1) is 7.96. The predicted octanol–water partition coefficient (Wildman–Crippen LogP) is 1.70. The van der Waals surface area contributed by atoms with Crippen molar-refractivity contribution in [1.29, 1.82) is 0 Å². The van der Waals surface area contributed by atoms with Crippen molar-refractivity contribution >= 4 is 0 Å². The smallest absolute Gasteiger partial charge is 0.0851 e. The Morgan fingerprint density at radius 3 is 2.50 bits per heavy atom. The van der Waals surface area contributed by atoms with Crippen LogP contribution in [0.3, 0.4) is 0 Å². The molecule has 0 aliphatic heterocycles. The van der Waals surface area contributed by atoms with Gasteiger partial charge in [-0.2, -0.15) is 0 Å². The van der Waals surface area contributed by atoms with Gasteiger partial charge in [-0.3, -0.25) is 0 Å². The van der Waals surface area contributed by atoms with Crippen molar-refractivity contribution < 1.29 is 0 Å². The second-order valence-electron chi connectivity index (χ2n) is 1.99. The fourth-order valence-electron chi connectivity index (χ4n) is 0.640. The zero-order valence-corrected chi connectivity index (χ0v) is 5.54. The van der Waals surface area contributed by atoms with Crippen LogP contribution < -0.4 is 5.32 Å². The zero-order chi connectivity index (χ0) is 6.24. The molecule has 0 aliphatic rings. The quantitative estimate of drug-likeness (QED) is 0.534. The van der Waals surface area contributed by atoms with E-state index in [0.29, 0.717) is 0 Å². The fourth-order valence-corrected chi connectivity index (χ4v) is 0.640. The molecular weight excluding hydrogens is 98.1 g/mol. The summed E-state index contributed by atoms with van der Waals surface area (Å²) in [5.74, 6) is 0. The van der Waals surface area contributed by atoms with Gasteiger partial charge in [0.1, 0.15) is 0 Å². The van der Waals surface area contributed by atoms with Crippen molar-refractivity contribution in [2.75, 3.05) is 6.54 Å². The van der Waals surface area contributed by atoms with E-state index in [1.807, 2.05) is 0 Å². The van der Waals surface area contributed by atoms with Gasteiger partial charge in [0.25, 0.3) is 0 Å². The molecule has 0 spiro atoms. The predicted molar refractivity (Wildman–Crippen MR) is 35.4 cm³/mol. The maximum Gasteiger partial charge on any atom is 0.0851 e. The minimum absolute atomic E-state index is 0.847. The van der Waals surface area contributed by atoms with Crippen molar-refractivity contribution in [3.05, 3.63) is 7.05 Å². The molecule has 1 heteroatoms. The monoisotopic (exact) mass is 112 g/mol. The summed E-state index contributed by atoms with van der Waals surface area (Å²) < 4.78 is 0. The lowest BCUT2D eigenvalue weighted by molar-refractivity contribution is 0.645. The molecule has 47 valence electrons. The highest BCUT2D eigenvalue weighted by Gasteiger charge is 1.82. The number of unbranched alkanes of at least 4 members (excludes halogenated alkanes) is 3. The number of nitrogens with one attached hydrogen (secondary N) is 1. The van der Waals surface area contributed by atoms with Gasteiger partial charge < -0.3 is 5.32 Å². The average Bonchev–Trinajstić information content (AvgIpc) is 1.81. The molecule has 0 saturated heterocycles. The van der Waals surface area contributed by atoms with Crippen LogP contribution in [0, 0.1) is 7.05 Å². The Kier molecular flexibility index (Phi) is 6.93. The number of rotatable bonds is 5. The Labute approximate surface area is 52.5 Å². The van der Waals surface area contributed by atoms with Crippen LogP contribution in [-0.4, -0.2) is 6.54 Å². The Balaban J connectivity index is 2.53.